The second-order valence-corrected chi connectivity index (χ2v) is 6.87. The number of aromatic nitrogens is 5. The summed E-state index contributed by atoms with van der Waals surface area (Å²) in [5.41, 5.74) is 0.478. The molecule has 0 radical (unpaired) electrons. The molecule has 0 aromatic carbocycles. The van der Waals surface area contributed by atoms with Crippen LogP contribution in [0.25, 0.3) is 11.5 Å². The third-order valence-corrected chi connectivity index (χ3v) is 4.14. The Balaban J connectivity index is 1.67. The van der Waals surface area contributed by atoms with Gasteiger partial charge < -0.3 is 9.73 Å². The largest absolute Gasteiger partial charge is 0.427 e. The zero-order chi connectivity index (χ0) is 20.1. The SMILES string of the molecule is Cc1cc(CCC(C)C)oc(=O)c1C(=O)NCc1nc(-c2cnccn2)n[nH]1. The molecule has 3 heterocycles. The number of hydrogen-bond acceptors (Lipinski definition) is 7. The Morgan fingerprint density at radius 3 is 2.82 bits per heavy atom. The van der Waals surface area contributed by atoms with E-state index in [-0.39, 0.29) is 12.1 Å². The molecule has 3 rings (SSSR count). The van der Waals surface area contributed by atoms with Crippen LogP contribution in [-0.4, -0.2) is 31.1 Å². The van der Waals surface area contributed by atoms with Crippen molar-refractivity contribution in [3.05, 3.63) is 57.8 Å². The summed E-state index contributed by atoms with van der Waals surface area (Å²) in [5, 5.41) is 9.44. The highest BCUT2D eigenvalue weighted by atomic mass is 16.4. The minimum atomic E-state index is -0.630. The topological polar surface area (TPSA) is 127 Å². The van der Waals surface area contributed by atoms with Gasteiger partial charge in [0.2, 0.25) is 5.82 Å². The van der Waals surface area contributed by atoms with Crippen molar-refractivity contribution in [1.82, 2.24) is 30.5 Å². The lowest BCUT2D eigenvalue weighted by molar-refractivity contribution is 0.0944. The maximum Gasteiger partial charge on any atom is 0.349 e. The molecule has 1 amide bonds. The maximum absolute atomic E-state index is 12.5. The highest BCUT2D eigenvalue weighted by molar-refractivity contribution is 5.95. The Morgan fingerprint density at radius 2 is 2.14 bits per heavy atom. The van der Waals surface area contributed by atoms with Gasteiger partial charge in [-0.05, 0) is 30.9 Å². The van der Waals surface area contributed by atoms with E-state index in [4.69, 9.17) is 4.42 Å². The summed E-state index contributed by atoms with van der Waals surface area (Å²) in [7, 11) is 0. The molecule has 0 saturated carbocycles. The predicted molar refractivity (Wildman–Crippen MR) is 101 cm³/mol. The second kappa shape index (κ2) is 8.55. The van der Waals surface area contributed by atoms with E-state index in [1.54, 1.807) is 31.6 Å². The molecule has 0 fully saturated rings. The normalized spacial score (nSPS) is 11.0. The van der Waals surface area contributed by atoms with Gasteiger partial charge in [-0.15, -0.1) is 0 Å². The van der Waals surface area contributed by atoms with Crippen LogP contribution in [0.1, 0.15) is 47.8 Å². The number of aryl methyl sites for hydroxylation is 2. The number of nitrogens with zero attached hydrogens (tertiary/aromatic N) is 4. The van der Waals surface area contributed by atoms with Crippen molar-refractivity contribution in [2.75, 3.05) is 0 Å². The van der Waals surface area contributed by atoms with Gasteiger partial charge in [0.15, 0.2) is 0 Å². The van der Waals surface area contributed by atoms with Crippen molar-refractivity contribution in [2.45, 2.75) is 40.2 Å². The minimum absolute atomic E-state index is 0.00182. The van der Waals surface area contributed by atoms with Crippen LogP contribution in [0.4, 0.5) is 0 Å². The number of nitrogens with one attached hydrogen (secondary N) is 2. The zero-order valence-corrected chi connectivity index (χ0v) is 16.0. The number of rotatable bonds is 7. The molecular formula is C19H22N6O3. The molecule has 0 aliphatic heterocycles. The molecule has 0 aliphatic rings. The second-order valence-electron chi connectivity index (χ2n) is 6.87. The van der Waals surface area contributed by atoms with Crippen LogP contribution < -0.4 is 10.9 Å². The van der Waals surface area contributed by atoms with Crippen LogP contribution >= 0.6 is 0 Å². The van der Waals surface area contributed by atoms with Crippen molar-refractivity contribution in [3.8, 4) is 11.5 Å². The fourth-order valence-electron chi connectivity index (χ4n) is 2.66. The minimum Gasteiger partial charge on any atom is -0.427 e. The van der Waals surface area contributed by atoms with E-state index in [0.29, 0.717) is 41.0 Å². The third kappa shape index (κ3) is 4.67. The number of H-pyrrole nitrogens is 1. The summed E-state index contributed by atoms with van der Waals surface area (Å²) < 4.78 is 5.31. The van der Waals surface area contributed by atoms with Gasteiger partial charge in [-0.2, -0.15) is 5.10 Å². The van der Waals surface area contributed by atoms with Crippen LogP contribution in [0.15, 0.2) is 33.9 Å². The van der Waals surface area contributed by atoms with Gasteiger partial charge in [-0.25, -0.2) is 14.8 Å². The molecule has 0 atom stereocenters. The van der Waals surface area contributed by atoms with E-state index in [0.717, 1.165) is 6.42 Å². The maximum atomic E-state index is 12.5. The van der Waals surface area contributed by atoms with Crippen molar-refractivity contribution in [3.63, 3.8) is 0 Å². The van der Waals surface area contributed by atoms with Gasteiger partial charge in [-0.3, -0.25) is 14.9 Å². The predicted octanol–water partition coefficient (Wildman–Crippen LogP) is 2.04. The Bertz CT molecular complexity index is 1010. The van der Waals surface area contributed by atoms with Crippen molar-refractivity contribution in [1.29, 1.82) is 0 Å². The first-order valence-corrected chi connectivity index (χ1v) is 9.03. The molecule has 0 bridgehead atoms. The molecular weight excluding hydrogens is 360 g/mol. The van der Waals surface area contributed by atoms with E-state index in [9.17, 15) is 9.59 Å². The number of hydrogen-bond donors (Lipinski definition) is 2. The quantitative estimate of drug-likeness (QED) is 0.640. The fourth-order valence-corrected chi connectivity index (χ4v) is 2.66. The summed E-state index contributed by atoms with van der Waals surface area (Å²) >= 11 is 0. The smallest absolute Gasteiger partial charge is 0.349 e. The van der Waals surface area contributed by atoms with Crippen molar-refractivity contribution >= 4 is 5.91 Å². The number of aromatic amines is 1. The molecule has 0 unspecified atom stereocenters. The van der Waals surface area contributed by atoms with Crippen LogP contribution in [0.5, 0.6) is 0 Å². The molecule has 3 aromatic rings. The average Bonchev–Trinajstić information content (AvgIpc) is 3.14. The first-order chi connectivity index (χ1) is 13.4. The molecule has 3 aromatic heterocycles. The van der Waals surface area contributed by atoms with Crippen LogP contribution in [-0.2, 0) is 13.0 Å². The molecule has 0 saturated heterocycles. The Labute approximate surface area is 161 Å². The number of carbonyl (C=O) groups is 1. The van der Waals surface area contributed by atoms with Crippen LogP contribution in [0.3, 0.4) is 0 Å². The monoisotopic (exact) mass is 382 g/mol. The standard InChI is InChI=1S/C19H22N6O3/c1-11(2)4-5-13-8-12(3)16(19(27)28-13)18(26)22-10-15-23-17(25-24-15)14-9-20-6-7-21-14/h6-9,11H,4-5,10H2,1-3H3,(H,22,26)(H,23,24,25). The Morgan fingerprint density at radius 1 is 1.32 bits per heavy atom. The summed E-state index contributed by atoms with van der Waals surface area (Å²) in [5.74, 6) is 1.39. The Hall–Kier alpha value is -3.36. The van der Waals surface area contributed by atoms with E-state index >= 15 is 0 Å². The highest BCUT2D eigenvalue weighted by Gasteiger charge is 2.17. The summed E-state index contributed by atoms with van der Waals surface area (Å²) in [6, 6.07) is 1.75. The van der Waals surface area contributed by atoms with Crippen LogP contribution in [0.2, 0.25) is 0 Å². The molecule has 0 spiro atoms. The van der Waals surface area contributed by atoms with E-state index < -0.39 is 11.5 Å². The van der Waals surface area contributed by atoms with Gasteiger partial charge in [0.05, 0.1) is 12.7 Å². The van der Waals surface area contributed by atoms with Gasteiger partial charge in [0.25, 0.3) is 5.91 Å². The lowest BCUT2D eigenvalue weighted by Gasteiger charge is -2.08. The Kier molecular flexibility index (Phi) is 5.93. The third-order valence-electron chi connectivity index (χ3n) is 4.14. The summed E-state index contributed by atoms with van der Waals surface area (Å²) in [6.07, 6.45) is 6.21. The summed E-state index contributed by atoms with van der Waals surface area (Å²) in [4.78, 5) is 37.1. The molecule has 0 aliphatic carbocycles. The molecule has 9 nitrogen and oxygen atoms in total. The lowest BCUT2D eigenvalue weighted by atomic mass is 10.0. The van der Waals surface area contributed by atoms with Gasteiger partial charge >= 0.3 is 5.63 Å². The molecule has 9 heteroatoms. The van der Waals surface area contributed by atoms with E-state index in [1.807, 2.05) is 0 Å². The average molecular weight is 382 g/mol. The lowest BCUT2D eigenvalue weighted by Crippen LogP contribution is -2.29. The highest BCUT2D eigenvalue weighted by Crippen LogP contribution is 2.12. The van der Waals surface area contributed by atoms with Crippen LogP contribution in [0, 0.1) is 12.8 Å². The fraction of sp³-hybridized carbons (Fsp3) is 0.368. The van der Waals surface area contributed by atoms with Crippen molar-refractivity contribution < 1.29 is 9.21 Å². The molecule has 2 N–H and O–H groups in total. The van der Waals surface area contributed by atoms with E-state index in [2.05, 4.69) is 44.3 Å². The van der Waals surface area contributed by atoms with Crippen molar-refractivity contribution in [2.24, 2.45) is 5.92 Å². The first-order valence-electron chi connectivity index (χ1n) is 9.03. The van der Waals surface area contributed by atoms with E-state index in [1.165, 1.54) is 0 Å². The van der Waals surface area contributed by atoms with Gasteiger partial charge in [-0.1, -0.05) is 13.8 Å². The van der Waals surface area contributed by atoms with Gasteiger partial charge in [0, 0.05) is 18.8 Å². The number of amides is 1. The van der Waals surface area contributed by atoms with Gasteiger partial charge in [0.1, 0.15) is 22.8 Å². The summed E-state index contributed by atoms with van der Waals surface area (Å²) in [6.45, 7) is 6.02. The zero-order valence-electron chi connectivity index (χ0n) is 16.0. The molecule has 146 valence electrons. The number of carbonyl (C=O) groups excluding carboxylic acids is 1. The molecule has 28 heavy (non-hydrogen) atoms. The first kappa shape index (κ1) is 19.4.